The number of carbonyl (C=O) groups excluding carboxylic acids is 1. The standard InChI is InChI=1S/C20H19NO4/c1-15-8-7-12-17(18(15)19(22)23)11-5-6-13-21-20(24)25-14-16-9-3-2-4-10-16/h2-4,7-10,12H,6,13-14H2,1H3,(H,21,24)(H,22,23). The topological polar surface area (TPSA) is 75.6 Å². The molecule has 128 valence electrons. The van der Waals surface area contributed by atoms with Gasteiger partial charge in [-0.3, -0.25) is 0 Å². The van der Waals surface area contributed by atoms with Gasteiger partial charge < -0.3 is 15.2 Å². The number of aryl methyl sites for hydroxylation is 1. The van der Waals surface area contributed by atoms with Crippen LogP contribution in [0.4, 0.5) is 4.79 Å². The Kier molecular flexibility index (Phi) is 6.61. The molecule has 0 saturated carbocycles. The molecule has 0 bridgehead atoms. The summed E-state index contributed by atoms with van der Waals surface area (Å²) in [4.78, 5) is 22.8. The number of benzene rings is 2. The van der Waals surface area contributed by atoms with Crippen LogP contribution in [0.25, 0.3) is 0 Å². The summed E-state index contributed by atoms with van der Waals surface area (Å²) < 4.78 is 5.08. The van der Waals surface area contributed by atoms with Crippen molar-refractivity contribution in [2.24, 2.45) is 0 Å². The first-order chi connectivity index (χ1) is 12.1. The van der Waals surface area contributed by atoms with Crippen molar-refractivity contribution in [3.8, 4) is 11.8 Å². The number of hydrogen-bond acceptors (Lipinski definition) is 3. The van der Waals surface area contributed by atoms with Gasteiger partial charge in [0.2, 0.25) is 0 Å². The lowest BCUT2D eigenvalue weighted by Gasteiger charge is -2.05. The molecule has 5 nitrogen and oxygen atoms in total. The van der Waals surface area contributed by atoms with Crippen LogP contribution in [-0.2, 0) is 11.3 Å². The molecule has 25 heavy (non-hydrogen) atoms. The number of alkyl carbamates (subject to hydrolysis) is 1. The zero-order valence-corrected chi connectivity index (χ0v) is 13.9. The molecule has 2 N–H and O–H groups in total. The van der Waals surface area contributed by atoms with Crippen LogP contribution >= 0.6 is 0 Å². The second-order valence-corrected chi connectivity index (χ2v) is 5.34. The molecule has 0 aliphatic heterocycles. The van der Waals surface area contributed by atoms with Crippen LogP contribution < -0.4 is 5.32 Å². The zero-order valence-electron chi connectivity index (χ0n) is 13.9. The van der Waals surface area contributed by atoms with Crippen molar-refractivity contribution >= 4 is 12.1 Å². The van der Waals surface area contributed by atoms with E-state index in [-0.39, 0.29) is 12.2 Å². The molecule has 0 saturated heterocycles. The normalized spacial score (nSPS) is 9.64. The smallest absolute Gasteiger partial charge is 0.407 e. The molecule has 1 amide bonds. The Morgan fingerprint density at radius 2 is 1.88 bits per heavy atom. The maximum Gasteiger partial charge on any atom is 0.407 e. The number of rotatable bonds is 5. The van der Waals surface area contributed by atoms with E-state index in [9.17, 15) is 14.7 Å². The van der Waals surface area contributed by atoms with E-state index in [1.54, 1.807) is 25.1 Å². The third-order valence-corrected chi connectivity index (χ3v) is 3.44. The molecule has 0 heterocycles. The predicted molar refractivity (Wildman–Crippen MR) is 94.3 cm³/mol. The highest BCUT2D eigenvalue weighted by atomic mass is 16.5. The number of amides is 1. The van der Waals surface area contributed by atoms with Crippen molar-refractivity contribution in [3.63, 3.8) is 0 Å². The molecule has 0 fully saturated rings. The van der Waals surface area contributed by atoms with Crippen LogP contribution in [0.1, 0.15) is 33.5 Å². The van der Waals surface area contributed by atoms with Crippen molar-refractivity contribution in [2.45, 2.75) is 20.0 Å². The number of hydrogen-bond donors (Lipinski definition) is 2. The number of carboxylic acid groups (broad SMARTS) is 1. The van der Waals surface area contributed by atoms with Gasteiger partial charge in [-0.1, -0.05) is 54.3 Å². The van der Waals surface area contributed by atoms with Crippen LogP contribution in [0.15, 0.2) is 48.5 Å². The first kappa shape index (κ1) is 18.1. The van der Waals surface area contributed by atoms with E-state index in [2.05, 4.69) is 17.2 Å². The maximum absolute atomic E-state index is 11.6. The van der Waals surface area contributed by atoms with E-state index in [0.717, 1.165) is 5.56 Å². The van der Waals surface area contributed by atoms with Gasteiger partial charge in [0, 0.05) is 18.5 Å². The third kappa shape index (κ3) is 5.70. The van der Waals surface area contributed by atoms with Crippen molar-refractivity contribution in [3.05, 3.63) is 70.8 Å². The summed E-state index contributed by atoms with van der Waals surface area (Å²) in [5, 5.41) is 11.8. The van der Waals surface area contributed by atoms with Gasteiger partial charge in [-0.05, 0) is 24.1 Å². The van der Waals surface area contributed by atoms with Gasteiger partial charge in [-0.2, -0.15) is 0 Å². The quantitative estimate of drug-likeness (QED) is 0.648. The number of nitrogens with one attached hydrogen (secondary N) is 1. The molecule has 0 atom stereocenters. The van der Waals surface area contributed by atoms with E-state index in [4.69, 9.17) is 4.74 Å². The Balaban J connectivity index is 1.79. The first-order valence-corrected chi connectivity index (χ1v) is 7.84. The summed E-state index contributed by atoms with van der Waals surface area (Å²) in [6.45, 7) is 2.28. The molecule has 2 aromatic carbocycles. The maximum atomic E-state index is 11.6. The Hall–Kier alpha value is -3.26. The number of carboxylic acids is 1. The first-order valence-electron chi connectivity index (χ1n) is 7.84. The lowest BCUT2D eigenvalue weighted by molar-refractivity contribution is 0.0695. The number of ether oxygens (including phenoxy) is 1. The van der Waals surface area contributed by atoms with E-state index >= 15 is 0 Å². The minimum Gasteiger partial charge on any atom is -0.478 e. The lowest BCUT2D eigenvalue weighted by atomic mass is 10.0. The monoisotopic (exact) mass is 337 g/mol. The molecular weight excluding hydrogens is 318 g/mol. The fourth-order valence-electron chi connectivity index (χ4n) is 2.21. The highest BCUT2D eigenvalue weighted by Crippen LogP contribution is 2.13. The van der Waals surface area contributed by atoms with Crippen molar-refractivity contribution in [2.75, 3.05) is 6.54 Å². The van der Waals surface area contributed by atoms with Crippen LogP contribution in [-0.4, -0.2) is 23.7 Å². The van der Waals surface area contributed by atoms with E-state index < -0.39 is 12.1 Å². The molecule has 0 radical (unpaired) electrons. The highest BCUT2D eigenvalue weighted by Gasteiger charge is 2.10. The molecular formula is C20H19NO4. The summed E-state index contributed by atoms with van der Waals surface area (Å²) in [5.74, 6) is 4.72. The van der Waals surface area contributed by atoms with Gasteiger partial charge in [-0.25, -0.2) is 9.59 Å². The van der Waals surface area contributed by atoms with Gasteiger partial charge in [0.25, 0.3) is 0 Å². The molecule has 5 heteroatoms. The van der Waals surface area contributed by atoms with Crippen LogP contribution in [0, 0.1) is 18.8 Å². The minimum atomic E-state index is -0.995. The Morgan fingerprint density at radius 1 is 1.12 bits per heavy atom. The molecule has 0 aromatic heterocycles. The molecule has 2 rings (SSSR count). The van der Waals surface area contributed by atoms with Gasteiger partial charge in [-0.15, -0.1) is 0 Å². The zero-order chi connectivity index (χ0) is 18.1. The summed E-state index contributed by atoms with van der Waals surface area (Å²) in [7, 11) is 0. The minimum absolute atomic E-state index is 0.212. The fourth-order valence-corrected chi connectivity index (χ4v) is 2.21. The summed E-state index contributed by atoms with van der Waals surface area (Å²) in [5.41, 5.74) is 2.27. The second-order valence-electron chi connectivity index (χ2n) is 5.34. The molecule has 0 spiro atoms. The second kappa shape index (κ2) is 9.14. The summed E-state index contributed by atoms with van der Waals surface area (Å²) in [6, 6.07) is 14.6. The Morgan fingerprint density at radius 3 is 2.60 bits per heavy atom. The third-order valence-electron chi connectivity index (χ3n) is 3.44. The SMILES string of the molecule is Cc1cccc(C#CCCNC(=O)OCc2ccccc2)c1C(=O)O. The van der Waals surface area contributed by atoms with Crippen LogP contribution in [0.2, 0.25) is 0 Å². The molecule has 2 aromatic rings. The van der Waals surface area contributed by atoms with Crippen molar-refractivity contribution in [1.82, 2.24) is 5.32 Å². The molecule has 0 unspecified atom stereocenters. The largest absolute Gasteiger partial charge is 0.478 e. The van der Waals surface area contributed by atoms with Crippen molar-refractivity contribution < 1.29 is 19.4 Å². The van der Waals surface area contributed by atoms with E-state index in [1.807, 2.05) is 30.3 Å². The van der Waals surface area contributed by atoms with Gasteiger partial charge in [0.15, 0.2) is 0 Å². The molecule has 0 aliphatic carbocycles. The van der Waals surface area contributed by atoms with Gasteiger partial charge >= 0.3 is 12.1 Å². The highest BCUT2D eigenvalue weighted by molar-refractivity contribution is 5.92. The summed E-state index contributed by atoms with van der Waals surface area (Å²) in [6.07, 6.45) is -0.111. The van der Waals surface area contributed by atoms with E-state index in [1.165, 1.54) is 0 Å². The average Bonchev–Trinajstić information content (AvgIpc) is 2.60. The Bertz CT molecular complexity index is 803. The van der Waals surface area contributed by atoms with Crippen molar-refractivity contribution in [1.29, 1.82) is 0 Å². The summed E-state index contributed by atoms with van der Waals surface area (Å²) >= 11 is 0. The number of aromatic carboxylic acids is 1. The Labute approximate surface area is 146 Å². The van der Waals surface area contributed by atoms with Crippen LogP contribution in [0.3, 0.4) is 0 Å². The van der Waals surface area contributed by atoms with E-state index in [0.29, 0.717) is 24.1 Å². The number of carbonyl (C=O) groups is 2. The average molecular weight is 337 g/mol. The fraction of sp³-hybridized carbons (Fsp3) is 0.200. The predicted octanol–water partition coefficient (Wildman–Crippen LogP) is 3.36. The lowest BCUT2D eigenvalue weighted by Crippen LogP contribution is -2.24. The van der Waals surface area contributed by atoms with Crippen LogP contribution in [0.5, 0.6) is 0 Å². The van der Waals surface area contributed by atoms with Gasteiger partial charge in [0.05, 0.1) is 5.56 Å². The molecule has 0 aliphatic rings. The van der Waals surface area contributed by atoms with Gasteiger partial charge in [0.1, 0.15) is 6.61 Å².